The fourth-order valence-electron chi connectivity index (χ4n) is 2.96. The Morgan fingerprint density at radius 3 is 2.06 bits per heavy atom. The molecule has 0 aliphatic carbocycles. The van der Waals surface area contributed by atoms with Gasteiger partial charge in [-0.3, -0.25) is 9.59 Å². The van der Waals surface area contributed by atoms with Gasteiger partial charge in [-0.15, -0.1) is 0 Å². The summed E-state index contributed by atoms with van der Waals surface area (Å²) in [5.74, 6) is -2.66. The maximum Gasteiger partial charge on any atom is 0.416 e. The van der Waals surface area contributed by atoms with Crippen molar-refractivity contribution in [1.29, 1.82) is 0 Å². The average Bonchev–Trinajstić information content (AvgIpc) is 2.83. The van der Waals surface area contributed by atoms with Crippen LogP contribution >= 0.6 is 0 Å². The Kier molecular flexibility index (Phi) is 8.07. The van der Waals surface area contributed by atoms with Crippen molar-refractivity contribution < 1.29 is 42.4 Å². The minimum atomic E-state index is -4.46. The van der Waals surface area contributed by atoms with E-state index in [2.05, 4.69) is 9.97 Å². The van der Waals surface area contributed by atoms with Gasteiger partial charge >= 0.3 is 6.18 Å². The molecule has 1 aromatic heterocycles. The number of aliphatic hydroxyl groups is 2. The molecule has 0 spiro atoms. The van der Waals surface area contributed by atoms with Gasteiger partial charge in [-0.1, -0.05) is 0 Å². The number of rotatable bonds is 10. The molecule has 0 radical (unpaired) electrons. The molecule has 36 heavy (non-hydrogen) atoms. The molecule has 6 N–H and O–H groups in total. The van der Waals surface area contributed by atoms with Gasteiger partial charge in [0.05, 0.1) is 24.2 Å². The lowest BCUT2D eigenvalue weighted by Crippen LogP contribution is -2.39. The number of ether oxygens (including phenoxy) is 2. The van der Waals surface area contributed by atoms with Gasteiger partial charge in [0.1, 0.15) is 23.8 Å². The largest absolute Gasteiger partial charge is 0.477 e. The van der Waals surface area contributed by atoms with Gasteiger partial charge < -0.3 is 31.2 Å². The van der Waals surface area contributed by atoms with E-state index < -0.39 is 48.8 Å². The molecule has 10 nitrogen and oxygen atoms in total. The van der Waals surface area contributed by atoms with Crippen molar-refractivity contribution in [3.05, 3.63) is 65.9 Å². The zero-order valence-corrected chi connectivity index (χ0v) is 18.5. The van der Waals surface area contributed by atoms with Crippen LogP contribution in [0.5, 0.6) is 17.4 Å². The van der Waals surface area contributed by atoms with E-state index in [0.29, 0.717) is 11.3 Å². The van der Waals surface area contributed by atoms with Gasteiger partial charge in [-0.2, -0.15) is 18.2 Å². The second kappa shape index (κ2) is 11.0. The predicted molar refractivity (Wildman–Crippen MR) is 119 cm³/mol. The molecule has 2 amide bonds. The van der Waals surface area contributed by atoms with E-state index in [1.165, 1.54) is 36.4 Å². The van der Waals surface area contributed by atoms with Crippen LogP contribution in [0, 0.1) is 5.92 Å². The molecule has 0 saturated heterocycles. The number of hydrogen-bond acceptors (Lipinski definition) is 8. The van der Waals surface area contributed by atoms with Gasteiger partial charge in [-0.05, 0) is 48.5 Å². The number of benzene rings is 2. The number of aromatic nitrogens is 2. The number of alkyl halides is 3. The summed E-state index contributed by atoms with van der Waals surface area (Å²) in [6, 6.07) is 11.4. The first-order chi connectivity index (χ1) is 17.0. The summed E-state index contributed by atoms with van der Waals surface area (Å²) in [4.78, 5) is 31.5. The molecule has 3 aromatic rings. The summed E-state index contributed by atoms with van der Waals surface area (Å²) in [5.41, 5.74) is 9.95. The Balaban J connectivity index is 1.79. The lowest BCUT2D eigenvalue weighted by molar-refractivity contribution is -0.137. The Morgan fingerprint density at radius 2 is 1.56 bits per heavy atom. The van der Waals surface area contributed by atoms with Crippen LogP contribution in [0.3, 0.4) is 0 Å². The summed E-state index contributed by atoms with van der Waals surface area (Å²) in [6.07, 6.45) is -5.92. The molecule has 0 fully saturated rings. The van der Waals surface area contributed by atoms with Gasteiger partial charge in [0.15, 0.2) is 5.82 Å². The first-order valence-corrected chi connectivity index (χ1v) is 10.3. The lowest BCUT2D eigenvalue weighted by atomic mass is 10.0. The molecular formula is C23H21F3N4O6. The number of nitrogens with two attached hydrogens (primary N) is 2. The number of aliphatic hydroxyl groups excluding tert-OH is 2. The Hall–Kier alpha value is -4.23. The summed E-state index contributed by atoms with van der Waals surface area (Å²) in [5, 5.41) is 18.8. The number of primary amides is 2. The summed E-state index contributed by atoms with van der Waals surface area (Å²) < 4.78 is 49.1. The number of carbonyl (C=O) groups is 2. The summed E-state index contributed by atoms with van der Waals surface area (Å²) >= 11 is 0. The second-order valence-corrected chi connectivity index (χ2v) is 7.50. The smallest absolute Gasteiger partial charge is 0.416 e. The zero-order valence-electron chi connectivity index (χ0n) is 18.5. The number of hydrogen-bond donors (Lipinski definition) is 4. The molecule has 2 atom stereocenters. The van der Waals surface area contributed by atoms with E-state index in [1.54, 1.807) is 0 Å². The predicted octanol–water partition coefficient (Wildman–Crippen LogP) is 1.89. The molecule has 0 saturated carbocycles. The number of amides is 2. The highest BCUT2D eigenvalue weighted by molar-refractivity contribution is 5.91. The fourth-order valence-corrected chi connectivity index (χ4v) is 2.96. The van der Waals surface area contributed by atoms with E-state index in [0.717, 1.165) is 18.2 Å². The highest BCUT2D eigenvalue weighted by Crippen LogP contribution is 2.32. The standard InChI is InChI=1S/C23H21F3N4O6/c24-23(25,26)13-3-7-15(8-4-13)36-14-5-1-12(2-6-14)22-29-17(21(28)34)9-19(30-22)35-11-16(20(27)33)18(32)10-31/h1-9,16,18,31-32H,10-11H2,(H2,27,33)(H2,28,34). The topological polar surface area (TPSA) is 171 Å². The van der Waals surface area contributed by atoms with Crippen LogP contribution in [0.2, 0.25) is 0 Å². The number of halogens is 3. The zero-order chi connectivity index (χ0) is 26.5. The van der Waals surface area contributed by atoms with Crippen molar-refractivity contribution in [3.63, 3.8) is 0 Å². The molecule has 3 rings (SSSR count). The summed E-state index contributed by atoms with van der Waals surface area (Å²) in [7, 11) is 0. The molecule has 0 aliphatic rings. The quantitative estimate of drug-likeness (QED) is 0.323. The first-order valence-electron chi connectivity index (χ1n) is 10.3. The van der Waals surface area contributed by atoms with Crippen LogP contribution in [0.1, 0.15) is 16.1 Å². The molecule has 0 aliphatic heterocycles. The van der Waals surface area contributed by atoms with E-state index >= 15 is 0 Å². The normalized spacial score (nSPS) is 13.0. The van der Waals surface area contributed by atoms with Crippen molar-refractivity contribution >= 4 is 11.8 Å². The van der Waals surface area contributed by atoms with Crippen LogP contribution in [0.15, 0.2) is 54.6 Å². The minimum absolute atomic E-state index is 0.0284. The molecule has 13 heteroatoms. The molecule has 2 aromatic carbocycles. The Bertz CT molecular complexity index is 1220. The van der Waals surface area contributed by atoms with Crippen molar-refractivity contribution in [3.8, 4) is 28.8 Å². The summed E-state index contributed by atoms with van der Waals surface area (Å²) in [6.45, 7) is -1.16. The van der Waals surface area contributed by atoms with E-state index in [4.69, 9.17) is 26.0 Å². The number of nitrogens with zero attached hydrogens (tertiary/aromatic N) is 2. The van der Waals surface area contributed by atoms with Crippen LogP contribution in [-0.4, -0.2) is 51.3 Å². The molecule has 2 unspecified atom stereocenters. The van der Waals surface area contributed by atoms with E-state index in [-0.39, 0.29) is 23.1 Å². The Labute approximate surface area is 202 Å². The highest BCUT2D eigenvalue weighted by Gasteiger charge is 2.30. The third-order valence-electron chi connectivity index (χ3n) is 4.91. The van der Waals surface area contributed by atoms with E-state index in [9.17, 15) is 27.9 Å². The number of carbonyl (C=O) groups excluding carboxylic acids is 2. The monoisotopic (exact) mass is 506 g/mol. The van der Waals surface area contributed by atoms with Crippen LogP contribution in [0.25, 0.3) is 11.4 Å². The van der Waals surface area contributed by atoms with Gasteiger partial charge in [0.2, 0.25) is 11.8 Å². The van der Waals surface area contributed by atoms with Crippen molar-refractivity contribution in [1.82, 2.24) is 9.97 Å². The first kappa shape index (κ1) is 26.4. The molecule has 1 heterocycles. The Morgan fingerprint density at radius 1 is 0.972 bits per heavy atom. The van der Waals surface area contributed by atoms with Gasteiger partial charge in [0, 0.05) is 11.6 Å². The third kappa shape index (κ3) is 6.67. The van der Waals surface area contributed by atoms with Crippen molar-refractivity contribution in [2.24, 2.45) is 17.4 Å². The van der Waals surface area contributed by atoms with Crippen LogP contribution < -0.4 is 20.9 Å². The fraction of sp³-hybridized carbons (Fsp3) is 0.217. The lowest BCUT2D eigenvalue weighted by Gasteiger charge is -2.18. The molecular weight excluding hydrogens is 485 g/mol. The molecule has 190 valence electrons. The van der Waals surface area contributed by atoms with Crippen LogP contribution in [-0.2, 0) is 11.0 Å². The second-order valence-electron chi connectivity index (χ2n) is 7.50. The maximum atomic E-state index is 12.7. The van der Waals surface area contributed by atoms with Crippen molar-refractivity contribution in [2.45, 2.75) is 12.3 Å². The minimum Gasteiger partial charge on any atom is -0.477 e. The SMILES string of the molecule is NC(=O)c1cc(OCC(C(N)=O)C(O)CO)nc(-c2ccc(Oc3ccc(C(F)(F)F)cc3)cc2)n1. The van der Waals surface area contributed by atoms with Crippen LogP contribution in [0.4, 0.5) is 13.2 Å². The maximum absolute atomic E-state index is 12.7. The van der Waals surface area contributed by atoms with E-state index in [1.807, 2.05) is 0 Å². The molecule has 0 bridgehead atoms. The van der Waals surface area contributed by atoms with Gasteiger partial charge in [-0.25, -0.2) is 4.98 Å². The average molecular weight is 506 g/mol. The highest BCUT2D eigenvalue weighted by atomic mass is 19.4. The third-order valence-corrected chi connectivity index (χ3v) is 4.91. The van der Waals surface area contributed by atoms with Crippen molar-refractivity contribution in [2.75, 3.05) is 13.2 Å². The van der Waals surface area contributed by atoms with Gasteiger partial charge in [0.25, 0.3) is 5.91 Å².